The van der Waals surface area contributed by atoms with Crippen LogP contribution >= 0.6 is 12.2 Å². The molecule has 1 aromatic carbocycles. The van der Waals surface area contributed by atoms with Gasteiger partial charge in [0.2, 0.25) is 0 Å². The van der Waals surface area contributed by atoms with Crippen LogP contribution in [0.15, 0.2) is 24.3 Å². The predicted octanol–water partition coefficient (Wildman–Crippen LogP) is 4.38. The van der Waals surface area contributed by atoms with Crippen LogP contribution in [0.25, 0.3) is 11.3 Å². The molecule has 3 heteroatoms. The normalized spacial score (nSPS) is 10.6. The fourth-order valence-corrected chi connectivity index (χ4v) is 2.16. The van der Waals surface area contributed by atoms with Gasteiger partial charge in [-0.3, -0.25) is 0 Å². The molecule has 0 aliphatic rings. The Morgan fingerprint density at radius 2 is 1.94 bits per heavy atom. The Bertz CT molecular complexity index is 614. The molecular weight excluding hydrogens is 240 g/mol. The van der Waals surface area contributed by atoms with E-state index in [1.54, 1.807) is 0 Å². The molecule has 94 valence electrons. The van der Waals surface area contributed by atoms with Gasteiger partial charge >= 0.3 is 0 Å². The van der Waals surface area contributed by atoms with Crippen LogP contribution in [-0.4, -0.2) is 9.97 Å². The van der Waals surface area contributed by atoms with E-state index >= 15 is 0 Å². The highest BCUT2D eigenvalue weighted by atomic mass is 32.1. The molecule has 2 nitrogen and oxygen atoms in total. The van der Waals surface area contributed by atoms with Crippen LogP contribution in [0, 0.1) is 18.5 Å². The van der Waals surface area contributed by atoms with Gasteiger partial charge in [0.15, 0.2) is 0 Å². The van der Waals surface area contributed by atoms with Gasteiger partial charge in [0.25, 0.3) is 0 Å². The van der Waals surface area contributed by atoms with Crippen molar-refractivity contribution in [3.05, 3.63) is 45.9 Å². The van der Waals surface area contributed by atoms with E-state index in [9.17, 15) is 0 Å². The summed E-state index contributed by atoms with van der Waals surface area (Å²) in [5, 5.41) is 0. The fourth-order valence-electron chi connectivity index (χ4n) is 1.93. The maximum Gasteiger partial charge on any atom is 0.130 e. The first-order valence-electron chi connectivity index (χ1n) is 6.28. The molecule has 2 rings (SSSR count). The Morgan fingerprint density at radius 3 is 2.61 bits per heavy atom. The first-order chi connectivity index (χ1) is 8.60. The van der Waals surface area contributed by atoms with Crippen LogP contribution in [0.5, 0.6) is 0 Å². The molecule has 0 radical (unpaired) electrons. The maximum atomic E-state index is 5.23. The number of aryl methyl sites for hydroxylation is 3. The van der Waals surface area contributed by atoms with Gasteiger partial charge in [-0.05, 0) is 49.1 Å². The zero-order valence-corrected chi connectivity index (χ0v) is 11.9. The van der Waals surface area contributed by atoms with Gasteiger partial charge in [0.05, 0.1) is 0 Å². The average molecular weight is 258 g/mol. The van der Waals surface area contributed by atoms with Gasteiger partial charge in [-0.2, -0.15) is 0 Å². The second-order valence-corrected chi connectivity index (χ2v) is 5.05. The SMILES string of the molecule is CCCc1nc(=S)cc(-c2ccc(C)c(C)c2)[nH]1. The van der Waals surface area contributed by atoms with Gasteiger partial charge in [-0.1, -0.05) is 31.3 Å². The minimum atomic E-state index is 0.658. The van der Waals surface area contributed by atoms with Gasteiger partial charge in [-0.25, -0.2) is 4.98 Å². The first-order valence-corrected chi connectivity index (χ1v) is 6.69. The Morgan fingerprint density at radius 1 is 1.17 bits per heavy atom. The molecule has 1 aromatic heterocycles. The smallest absolute Gasteiger partial charge is 0.130 e. The monoisotopic (exact) mass is 258 g/mol. The predicted molar refractivity (Wildman–Crippen MR) is 78.3 cm³/mol. The van der Waals surface area contributed by atoms with Crippen molar-refractivity contribution in [1.29, 1.82) is 0 Å². The molecule has 0 unspecified atom stereocenters. The summed E-state index contributed by atoms with van der Waals surface area (Å²) in [5.41, 5.74) is 4.83. The van der Waals surface area contributed by atoms with Crippen molar-refractivity contribution < 1.29 is 0 Å². The summed E-state index contributed by atoms with van der Waals surface area (Å²) in [5.74, 6) is 0.971. The molecule has 0 fully saturated rings. The third-order valence-electron chi connectivity index (χ3n) is 3.10. The van der Waals surface area contributed by atoms with Gasteiger partial charge < -0.3 is 4.98 Å². The summed E-state index contributed by atoms with van der Waals surface area (Å²) in [6.07, 6.45) is 2.00. The lowest BCUT2D eigenvalue weighted by Crippen LogP contribution is -1.97. The Balaban J connectivity index is 2.49. The summed E-state index contributed by atoms with van der Waals surface area (Å²) in [7, 11) is 0. The van der Waals surface area contributed by atoms with E-state index in [1.807, 2.05) is 6.07 Å². The van der Waals surface area contributed by atoms with Crippen molar-refractivity contribution >= 4 is 12.2 Å². The molecule has 1 heterocycles. The summed E-state index contributed by atoms with van der Waals surface area (Å²) in [6.45, 7) is 6.39. The molecule has 18 heavy (non-hydrogen) atoms. The molecule has 0 saturated carbocycles. The molecular formula is C15H18N2S. The van der Waals surface area contributed by atoms with Gasteiger partial charge in [0.1, 0.15) is 10.5 Å². The van der Waals surface area contributed by atoms with E-state index in [0.29, 0.717) is 4.64 Å². The molecule has 2 aromatic rings. The Kier molecular flexibility index (Phi) is 3.92. The number of rotatable bonds is 3. The average Bonchev–Trinajstić information content (AvgIpc) is 2.32. The molecule has 0 aliphatic carbocycles. The lowest BCUT2D eigenvalue weighted by atomic mass is 10.0. The largest absolute Gasteiger partial charge is 0.343 e. The van der Waals surface area contributed by atoms with Crippen molar-refractivity contribution in [3.63, 3.8) is 0 Å². The zero-order valence-electron chi connectivity index (χ0n) is 11.1. The number of aromatic nitrogens is 2. The Labute approximate surface area is 113 Å². The first kappa shape index (κ1) is 13.0. The van der Waals surface area contributed by atoms with Crippen molar-refractivity contribution in [3.8, 4) is 11.3 Å². The third kappa shape index (κ3) is 2.85. The van der Waals surface area contributed by atoms with Crippen molar-refractivity contribution in [1.82, 2.24) is 9.97 Å². The molecule has 0 amide bonds. The van der Waals surface area contributed by atoms with E-state index in [1.165, 1.54) is 16.7 Å². The Hall–Kier alpha value is -1.48. The molecule has 0 spiro atoms. The van der Waals surface area contributed by atoms with Crippen molar-refractivity contribution in [2.75, 3.05) is 0 Å². The minimum absolute atomic E-state index is 0.658. The topological polar surface area (TPSA) is 28.7 Å². The molecule has 1 N–H and O–H groups in total. The number of benzene rings is 1. The third-order valence-corrected chi connectivity index (χ3v) is 3.31. The second-order valence-electron chi connectivity index (χ2n) is 4.63. The lowest BCUT2D eigenvalue weighted by Gasteiger charge is -2.07. The molecule has 0 bridgehead atoms. The van der Waals surface area contributed by atoms with Crippen molar-refractivity contribution in [2.45, 2.75) is 33.6 Å². The second kappa shape index (κ2) is 5.44. The summed E-state index contributed by atoms with van der Waals surface area (Å²) < 4.78 is 0.658. The van der Waals surface area contributed by atoms with E-state index in [2.05, 4.69) is 48.9 Å². The fraction of sp³-hybridized carbons (Fsp3) is 0.333. The zero-order chi connectivity index (χ0) is 13.1. The summed E-state index contributed by atoms with van der Waals surface area (Å²) in [4.78, 5) is 7.72. The van der Waals surface area contributed by atoms with E-state index < -0.39 is 0 Å². The molecule has 0 aliphatic heterocycles. The standard InChI is InChI=1S/C15H18N2S/c1-4-5-14-16-13(9-15(18)17-14)12-7-6-10(2)11(3)8-12/h6-9H,4-5H2,1-3H3,(H,16,17,18). The number of nitrogens with zero attached hydrogens (tertiary/aromatic N) is 1. The van der Waals surface area contributed by atoms with Crippen LogP contribution in [0.1, 0.15) is 30.3 Å². The van der Waals surface area contributed by atoms with E-state index in [0.717, 1.165) is 24.4 Å². The maximum absolute atomic E-state index is 5.23. The van der Waals surface area contributed by atoms with Gasteiger partial charge in [-0.15, -0.1) is 0 Å². The van der Waals surface area contributed by atoms with Crippen LogP contribution in [-0.2, 0) is 6.42 Å². The van der Waals surface area contributed by atoms with E-state index in [4.69, 9.17) is 12.2 Å². The highest BCUT2D eigenvalue weighted by Gasteiger charge is 2.03. The number of aromatic amines is 1. The number of hydrogen-bond acceptors (Lipinski definition) is 2. The minimum Gasteiger partial charge on any atom is -0.343 e. The van der Waals surface area contributed by atoms with E-state index in [-0.39, 0.29) is 0 Å². The van der Waals surface area contributed by atoms with Gasteiger partial charge in [0, 0.05) is 12.1 Å². The van der Waals surface area contributed by atoms with Crippen LogP contribution in [0.3, 0.4) is 0 Å². The summed E-state index contributed by atoms with van der Waals surface area (Å²) in [6, 6.07) is 8.38. The molecule has 0 saturated heterocycles. The quantitative estimate of drug-likeness (QED) is 0.828. The highest BCUT2D eigenvalue weighted by Crippen LogP contribution is 2.20. The van der Waals surface area contributed by atoms with Crippen LogP contribution in [0.4, 0.5) is 0 Å². The van der Waals surface area contributed by atoms with Crippen LogP contribution < -0.4 is 0 Å². The summed E-state index contributed by atoms with van der Waals surface area (Å²) >= 11 is 5.23. The van der Waals surface area contributed by atoms with Crippen LogP contribution in [0.2, 0.25) is 0 Å². The number of hydrogen-bond donors (Lipinski definition) is 1. The number of nitrogens with one attached hydrogen (secondary N) is 1. The highest BCUT2D eigenvalue weighted by molar-refractivity contribution is 7.71. The lowest BCUT2D eigenvalue weighted by molar-refractivity contribution is 0.833. The molecule has 0 atom stereocenters. The van der Waals surface area contributed by atoms with Crippen molar-refractivity contribution in [2.24, 2.45) is 0 Å². The number of H-pyrrole nitrogens is 1.